The molecule has 2 aromatic rings. The zero-order chi connectivity index (χ0) is 16.7. The standard InChI is InChI=1S/C19H22FNO2/c1-14(15-6-4-3-5-7-15)21-18(12-13-19(22)23-2)16-8-10-17(20)11-9-16/h3-11,14,18,21H,12-13H2,1-2H3. The lowest BCUT2D eigenvalue weighted by Crippen LogP contribution is -2.25. The second-order valence-corrected chi connectivity index (χ2v) is 5.52. The molecule has 1 N–H and O–H groups in total. The number of rotatable bonds is 7. The van der Waals surface area contributed by atoms with E-state index in [9.17, 15) is 9.18 Å². The van der Waals surface area contributed by atoms with Gasteiger partial charge in [-0.1, -0.05) is 42.5 Å². The predicted molar refractivity (Wildman–Crippen MR) is 88.4 cm³/mol. The van der Waals surface area contributed by atoms with Gasteiger partial charge in [0.15, 0.2) is 0 Å². The Morgan fingerprint density at radius 3 is 2.35 bits per heavy atom. The van der Waals surface area contributed by atoms with E-state index in [2.05, 4.69) is 24.4 Å². The molecule has 0 amide bonds. The van der Waals surface area contributed by atoms with Crippen LogP contribution in [0.3, 0.4) is 0 Å². The summed E-state index contributed by atoms with van der Waals surface area (Å²) in [7, 11) is 1.38. The molecule has 0 heterocycles. The van der Waals surface area contributed by atoms with Crippen LogP contribution in [0.5, 0.6) is 0 Å². The Labute approximate surface area is 136 Å². The van der Waals surface area contributed by atoms with Gasteiger partial charge in [-0.05, 0) is 36.6 Å². The summed E-state index contributed by atoms with van der Waals surface area (Å²) < 4.78 is 17.9. The summed E-state index contributed by atoms with van der Waals surface area (Å²) in [6, 6.07) is 16.5. The maximum atomic E-state index is 13.2. The van der Waals surface area contributed by atoms with Crippen LogP contribution in [-0.4, -0.2) is 13.1 Å². The van der Waals surface area contributed by atoms with Crippen molar-refractivity contribution in [2.24, 2.45) is 0 Å². The number of ether oxygens (including phenoxy) is 1. The van der Waals surface area contributed by atoms with Gasteiger partial charge in [0.1, 0.15) is 5.82 Å². The minimum absolute atomic E-state index is 0.0510. The Balaban J connectivity index is 2.12. The third-order valence-electron chi connectivity index (χ3n) is 3.89. The van der Waals surface area contributed by atoms with E-state index >= 15 is 0 Å². The van der Waals surface area contributed by atoms with Gasteiger partial charge in [0, 0.05) is 18.5 Å². The average molecular weight is 315 g/mol. The van der Waals surface area contributed by atoms with Crippen molar-refractivity contribution in [3.63, 3.8) is 0 Å². The monoisotopic (exact) mass is 315 g/mol. The molecule has 2 aromatic carbocycles. The van der Waals surface area contributed by atoms with E-state index in [1.54, 1.807) is 12.1 Å². The molecule has 0 aliphatic heterocycles. The van der Waals surface area contributed by atoms with Crippen LogP contribution in [0.2, 0.25) is 0 Å². The Bertz CT molecular complexity index is 613. The van der Waals surface area contributed by atoms with E-state index in [0.29, 0.717) is 12.8 Å². The van der Waals surface area contributed by atoms with Crippen molar-refractivity contribution in [2.75, 3.05) is 7.11 Å². The van der Waals surface area contributed by atoms with Gasteiger partial charge in [-0.2, -0.15) is 0 Å². The first-order valence-corrected chi connectivity index (χ1v) is 7.73. The van der Waals surface area contributed by atoms with Crippen LogP contribution in [0.1, 0.15) is 43.0 Å². The van der Waals surface area contributed by atoms with Crippen molar-refractivity contribution in [3.05, 3.63) is 71.5 Å². The van der Waals surface area contributed by atoms with Crippen molar-refractivity contribution < 1.29 is 13.9 Å². The Morgan fingerprint density at radius 1 is 1.09 bits per heavy atom. The summed E-state index contributed by atoms with van der Waals surface area (Å²) in [5.41, 5.74) is 2.12. The maximum Gasteiger partial charge on any atom is 0.305 e. The number of carbonyl (C=O) groups is 1. The normalized spacial score (nSPS) is 13.3. The molecule has 0 spiro atoms. The zero-order valence-corrected chi connectivity index (χ0v) is 13.5. The number of hydrogen-bond acceptors (Lipinski definition) is 3. The van der Waals surface area contributed by atoms with Crippen molar-refractivity contribution in [2.45, 2.75) is 31.8 Å². The molecule has 0 aliphatic rings. The smallest absolute Gasteiger partial charge is 0.305 e. The van der Waals surface area contributed by atoms with Gasteiger partial charge < -0.3 is 10.1 Å². The van der Waals surface area contributed by atoms with Crippen molar-refractivity contribution in [1.82, 2.24) is 5.32 Å². The SMILES string of the molecule is COC(=O)CCC(NC(C)c1ccccc1)c1ccc(F)cc1. The number of halogens is 1. The third-order valence-corrected chi connectivity index (χ3v) is 3.89. The molecule has 0 aliphatic carbocycles. The average Bonchev–Trinajstić information content (AvgIpc) is 2.59. The minimum atomic E-state index is -0.267. The lowest BCUT2D eigenvalue weighted by molar-refractivity contribution is -0.140. The molecule has 0 bridgehead atoms. The molecule has 2 unspecified atom stereocenters. The second-order valence-electron chi connectivity index (χ2n) is 5.52. The van der Waals surface area contributed by atoms with Gasteiger partial charge in [-0.15, -0.1) is 0 Å². The van der Waals surface area contributed by atoms with E-state index in [4.69, 9.17) is 4.74 Å². The first-order valence-electron chi connectivity index (χ1n) is 7.73. The fourth-order valence-electron chi connectivity index (χ4n) is 2.55. The highest BCUT2D eigenvalue weighted by molar-refractivity contribution is 5.69. The van der Waals surface area contributed by atoms with E-state index < -0.39 is 0 Å². The first kappa shape index (κ1) is 17.2. The van der Waals surface area contributed by atoms with Crippen LogP contribution in [0.25, 0.3) is 0 Å². The van der Waals surface area contributed by atoms with Crippen molar-refractivity contribution in [1.29, 1.82) is 0 Å². The van der Waals surface area contributed by atoms with Crippen LogP contribution in [0.15, 0.2) is 54.6 Å². The molecule has 0 saturated heterocycles. The molecule has 2 atom stereocenters. The Hall–Kier alpha value is -2.20. The topological polar surface area (TPSA) is 38.3 Å². The molecule has 0 radical (unpaired) electrons. The van der Waals surface area contributed by atoms with E-state index in [1.165, 1.54) is 19.2 Å². The van der Waals surface area contributed by atoms with Crippen molar-refractivity contribution >= 4 is 5.97 Å². The highest BCUT2D eigenvalue weighted by Crippen LogP contribution is 2.24. The molecular weight excluding hydrogens is 293 g/mol. The van der Waals surface area contributed by atoms with Crippen LogP contribution in [0, 0.1) is 5.82 Å². The molecule has 0 aromatic heterocycles. The zero-order valence-electron chi connectivity index (χ0n) is 13.5. The van der Waals surface area contributed by atoms with E-state index in [0.717, 1.165) is 11.1 Å². The first-order chi connectivity index (χ1) is 11.1. The quantitative estimate of drug-likeness (QED) is 0.779. The summed E-state index contributed by atoms with van der Waals surface area (Å²) in [4.78, 5) is 11.4. The molecule has 0 fully saturated rings. The minimum Gasteiger partial charge on any atom is -0.469 e. The van der Waals surface area contributed by atoms with Gasteiger partial charge in [0.2, 0.25) is 0 Å². The van der Waals surface area contributed by atoms with Crippen molar-refractivity contribution in [3.8, 4) is 0 Å². The number of benzene rings is 2. The Morgan fingerprint density at radius 2 is 1.74 bits per heavy atom. The molecule has 23 heavy (non-hydrogen) atoms. The molecular formula is C19H22FNO2. The molecule has 0 saturated carbocycles. The fraction of sp³-hybridized carbons (Fsp3) is 0.316. The molecule has 3 nitrogen and oxygen atoms in total. The molecule has 122 valence electrons. The second kappa shape index (κ2) is 8.44. The van der Waals surface area contributed by atoms with Gasteiger partial charge in [0.25, 0.3) is 0 Å². The molecule has 4 heteroatoms. The number of nitrogens with one attached hydrogen (secondary N) is 1. The summed E-state index contributed by atoms with van der Waals surface area (Å²) in [6.07, 6.45) is 0.905. The predicted octanol–water partition coefficient (Wildman–Crippen LogP) is 4.17. The summed E-state index contributed by atoms with van der Waals surface area (Å²) in [5, 5.41) is 3.52. The van der Waals surface area contributed by atoms with Crippen LogP contribution < -0.4 is 5.32 Å². The summed E-state index contributed by atoms with van der Waals surface area (Å²) in [6.45, 7) is 2.07. The fourth-order valence-corrected chi connectivity index (χ4v) is 2.55. The van der Waals surface area contributed by atoms with E-state index in [1.807, 2.05) is 18.2 Å². The number of methoxy groups -OCH3 is 1. The van der Waals surface area contributed by atoms with Crippen LogP contribution in [0.4, 0.5) is 4.39 Å². The van der Waals surface area contributed by atoms with E-state index in [-0.39, 0.29) is 23.9 Å². The highest BCUT2D eigenvalue weighted by Gasteiger charge is 2.17. The van der Waals surface area contributed by atoms with Gasteiger partial charge in [-0.3, -0.25) is 4.79 Å². The highest BCUT2D eigenvalue weighted by atomic mass is 19.1. The number of hydrogen-bond donors (Lipinski definition) is 1. The van der Waals surface area contributed by atoms with Crippen LogP contribution >= 0.6 is 0 Å². The summed E-state index contributed by atoms with van der Waals surface area (Å²) in [5.74, 6) is -0.511. The summed E-state index contributed by atoms with van der Waals surface area (Å²) >= 11 is 0. The number of carbonyl (C=O) groups excluding carboxylic acids is 1. The van der Waals surface area contributed by atoms with Crippen LogP contribution in [-0.2, 0) is 9.53 Å². The largest absolute Gasteiger partial charge is 0.469 e. The maximum absolute atomic E-state index is 13.2. The van der Waals surface area contributed by atoms with Gasteiger partial charge in [-0.25, -0.2) is 4.39 Å². The van der Waals surface area contributed by atoms with Gasteiger partial charge >= 0.3 is 5.97 Å². The lowest BCUT2D eigenvalue weighted by atomic mass is 9.99. The third kappa shape index (κ3) is 5.18. The molecule has 2 rings (SSSR count). The Kier molecular flexibility index (Phi) is 6.29. The lowest BCUT2D eigenvalue weighted by Gasteiger charge is -2.24. The van der Waals surface area contributed by atoms with Gasteiger partial charge in [0.05, 0.1) is 7.11 Å². The number of esters is 1.